The molecule has 0 fully saturated rings. The molecule has 0 bridgehead atoms. The highest BCUT2D eigenvalue weighted by Crippen LogP contribution is 2.26. The van der Waals surface area contributed by atoms with Crippen molar-refractivity contribution >= 4 is 0 Å². The lowest BCUT2D eigenvalue weighted by Gasteiger charge is -2.09. The van der Waals surface area contributed by atoms with Gasteiger partial charge in [0, 0.05) is 26.0 Å². The SMILES string of the molecule is CCOc1cc(CNCc2nccn2C)ccc1O. The summed E-state index contributed by atoms with van der Waals surface area (Å²) in [6, 6.07) is 5.39. The Bertz CT molecular complexity index is 537. The minimum Gasteiger partial charge on any atom is -0.504 e. The van der Waals surface area contributed by atoms with Crippen molar-refractivity contribution in [3.8, 4) is 11.5 Å². The predicted molar refractivity (Wildman–Crippen MR) is 73.0 cm³/mol. The van der Waals surface area contributed by atoms with Gasteiger partial charge >= 0.3 is 0 Å². The quantitative estimate of drug-likeness (QED) is 0.832. The Morgan fingerprint density at radius 3 is 2.89 bits per heavy atom. The van der Waals surface area contributed by atoms with E-state index in [0.717, 1.165) is 11.4 Å². The Kier molecular flexibility index (Phi) is 4.41. The highest BCUT2D eigenvalue weighted by atomic mass is 16.5. The van der Waals surface area contributed by atoms with Gasteiger partial charge in [-0.1, -0.05) is 6.07 Å². The number of nitrogens with zero attached hydrogens (tertiary/aromatic N) is 2. The summed E-state index contributed by atoms with van der Waals surface area (Å²) >= 11 is 0. The summed E-state index contributed by atoms with van der Waals surface area (Å²) in [5.41, 5.74) is 1.07. The van der Waals surface area contributed by atoms with Gasteiger partial charge in [-0.15, -0.1) is 0 Å². The van der Waals surface area contributed by atoms with Crippen LogP contribution in [0.15, 0.2) is 30.6 Å². The lowest BCUT2D eigenvalue weighted by Crippen LogP contribution is -2.15. The molecule has 5 nitrogen and oxygen atoms in total. The van der Waals surface area contributed by atoms with Gasteiger partial charge in [0.05, 0.1) is 13.2 Å². The molecule has 2 N–H and O–H groups in total. The van der Waals surface area contributed by atoms with E-state index in [1.165, 1.54) is 0 Å². The molecular formula is C14H19N3O2. The normalized spacial score (nSPS) is 10.6. The first-order chi connectivity index (χ1) is 9.20. The monoisotopic (exact) mass is 261 g/mol. The molecule has 0 spiro atoms. The number of nitrogens with one attached hydrogen (secondary N) is 1. The van der Waals surface area contributed by atoms with Crippen molar-refractivity contribution in [2.24, 2.45) is 7.05 Å². The summed E-state index contributed by atoms with van der Waals surface area (Å²) in [6.45, 7) is 3.84. The first kappa shape index (κ1) is 13.4. The van der Waals surface area contributed by atoms with Gasteiger partial charge in [0.25, 0.3) is 0 Å². The van der Waals surface area contributed by atoms with Crippen molar-refractivity contribution in [1.82, 2.24) is 14.9 Å². The van der Waals surface area contributed by atoms with E-state index in [1.54, 1.807) is 12.3 Å². The van der Waals surface area contributed by atoms with E-state index in [9.17, 15) is 5.11 Å². The van der Waals surface area contributed by atoms with Gasteiger partial charge in [-0.05, 0) is 24.6 Å². The van der Waals surface area contributed by atoms with Crippen LogP contribution in [-0.4, -0.2) is 21.3 Å². The van der Waals surface area contributed by atoms with Crippen molar-refractivity contribution in [2.75, 3.05) is 6.61 Å². The lowest BCUT2D eigenvalue weighted by atomic mass is 10.2. The highest BCUT2D eigenvalue weighted by Gasteiger charge is 2.04. The average molecular weight is 261 g/mol. The summed E-state index contributed by atoms with van der Waals surface area (Å²) < 4.78 is 7.34. The van der Waals surface area contributed by atoms with Crippen molar-refractivity contribution in [2.45, 2.75) is 20.0 Å². The third-order valence-electron chi connectivity index (χ3n) is 2.86. The number of imidazole rings is 1. The zero-order valence-corrected chi connectivity index (χ0v) is 11.3. The van der Waals surface area contributed by atoms with E-state index in [0.29, 0.717) is 25.4 Å². The fraction of sp³-hybridized carbons (Fsp3) is 0.357. The maximum absolute atomic E-state index is 9.62. The van der Waals surface area contributed by atoms with Crippen LogP contribution in [0.2, 0.25) is 0 Å². The molecule has 2 aromatic rings. The fourth-order valence-corrected chi connectivity index (χ4v) is 1.83. The van der Waals surface area contributed by atoms with Gasteiger partial charge < -0.3 is 19.7 Å². The molecule has 0 radical (unpaired) electrons. The third kappa shape index (κ3) is 3.48. The summed E-state index contributed by atoms with van der Waals surface area (Å²) in [5.74, 6) is 1.69. The molecule has 1 aromatic heterocycles. The average Bonchev–Trinajstić information content (AvgIpc) is 2.79. The van der Waals surface area contributed by atoms with Gasteiger partial charge in [0.1, 0.15) is 5.82 Å². The van der Waals surface area contributed by atoms with Gasteiger partial charge in [0.15, 0.2) is 11.5 Å². The molecule has 102 valence electrons. The molecule has 0 amide bonds. The number of hydrogen-bond acceptors (Lipinski definition) is 4. The van der Waals surface area contributed by atoms with Gasteiger partial charge in [-0.25, -0.2) is 4.98 Å². The second-order valence-corrected chi connectivity index (χ2v) is 4.29. The Hall–Kier alpha value is -2.01. The first-order valence-corrected chi connectivity index (χ1v) is 6.32. The zero-order valence-electron chi connectivity index (χ0n) is 11.3. The molecule has 0 atom stereocenters. The lowest BCUT2D eigenvalue weighted by molar-refractivity contribution is 0.317. The number of aryl methyl sites for hydroxylation is 1. The van der Waals surface area contributed by atoms with E-state index in [1.807, 2.05) is 36.9 Å². The Labute approximate surface area is 112 Å². The van der Waals surface area contributed by atoms with E-state index in [-0.39, 0.29) is 5.75 Å². The summed E-state index contributed by atoms with van der Waals surface area (Å²) in [4.78, 5) is 4.24. The van der Waals surface area contributed by atoms with Crippen molar-refractivity contribution in [3.05, 3.63) is 42.0 Å². The second kappa shape index (κ2) is 6.24. The van der Waals surface area contributed by atoms with Gasteiger partial charge in [-0.2, -0.15) is 0 Å². The molecule has 2 rings (SSSR count). The Morgan fingerprint density at radius 2 is 2.21 bits per heavy atom. The number of aromatic hydroxyl groups is 1. The van der Waals surface area contributed by atoms with E-state index >= 15 is 0 Å². The van der Waals surface area contributed by atoms with Crippen molar-refractivity contribution in [1.29, 1.82) is 0 Å². The molecule has 1 heterocycles. The van der Waals surface area contributed by atoms with Crippen molar-refractivity contribution in [3.63, 3.8) is 0 Å². The smallest absolute Gasteiger partial charge is 0.161 e. The molecule has 0 aliphatic rings. The molecule has 0 aliphatic carbocycles. The number of phenols is 1. The van der Waals surface area contributed by atoms with Crippen LogP contribution < -0.4 is 10.1 Å². The van der Waals surface area contributed by atoms with Gasteiger partial charge in [0.2, 0.25) is 0 Å². The number of rotatable bonds is 6. The van der Waals surface area contributed by atoms with Crippen LogP contribution in [0.3, 0.4) is 0 Å². The summed E-state index contributed by atoms with van der Waals surface area (Å²) in [6.07, 6.45) is 3.70. The van der Waals surface area contributed by atoms with E-state index in [4.69, 9.17) is 4.74 Å². The van der Waals surface area contributed by atoms with Gasteiger partial charge in [-0.3, -0.25) is 0 Å². The summed E-state index contributed by atoms with van der Waals surface area (Å²) in [5, 5.41) is 12.9. The Balaban J connectivity index is 1.92. The molecule has 5 heteroatoms. The number of hydrogen-bond donors (Lipinski definition) is 2. The minimum absolute atomic E-state index is 0.176. The molecule has 0 aliphatic heterocycles. The standard InChI is InChI=1S/C14H19N3O2/c1-3-19-13-8-11(4-5-12(13)18)9-15-10-14-16-6-7-17(14)2/h4-8,15,18H,3,9-10H2,1-2H3. The molecule has 1 aromatic carbocycles. The molecular weight excluding hydrogens is 242 g/mol. The van der Waals surface area contributed by atoms with Crippen molar-refractivity contribution < 1.29 is 9.84 Å². The molecule has 0 unspecified atom stereocenters. The van der Waals surface area contributed by atoms with Crippen LogP contribution in [0, 0.1) is 0 Å². The minimum atomic E-state index is 0.176. The van der Waals surface area contributed by atoms with E-state index in [2.05, 4.69) is 10.3 Å². The van der Waals surface area contributed by atoms with Crippen LogP contribution in [-0.2, 0) is 20.1 Å². The molecule has 19 heavy (non-hydrogen) atoms. The van der Waals surface area contributed by atoms with E-state index < -0.39 is 0 Å². The second-order valence-electron chi connectivity index (χ2n) is 4.29. The largest absolute Gasteiger partial charge is 0.504 e. The number of aromatic nitrogens is 2. The number of ether oxygens (including phenoxy) is 1. The number of benzene rings is 1. The zero-order chi connectivity index (χ0) is 13.7. The Morgan fingerprint density at radius 1 is 1.37 bits per heavy atom. The fourth-order valence-electron chi connectivity index (χ4n) is 1.83. The summed E-state index contributed by atoms with van der Waals surface area (Å²) in [7, 11) is 1.97. The molecule has 0 saturated carbocycles. The third-order valence-corrected chi connectivity index (χ3v) is 2.86. The number of phenolic OH excluding ortho intramolecular Hbond substituents is 1. The first-order valence-electron chi connectivity index (χ1n) is 6.32. The van der Waals surface area contributed by atoms with Crippen LogP contribution >= 0.6 is 0 Å². The maximum atomic E-state index is 9.62. The van der Waals surface area contributed by atoms with Crippen LogP contribution in [0.25, 0.3) is 0 Å². The molecule has 0 saturated heterocycles. The van der Waals surface area contributed by atoms with Crippen LogP contribution in [0.1, 0.15) is 18.3 Å². The maximum Gasteiger partial charge on any atom is 0.161 e. The van der Waals surface area contributed by atoms with Crippen LogP contribution in [0.4, 0.5) is 0 Å². The highest BCUT2D eigenvalue weighted by molar-refractivity contribution is 5.41. The van der Waals surface area contributed by atoms with Crippen LogP contribution in [0.5, 0.6) is 11.5 Å². The predicted octanol–water partition coefficient (Wildman–Crippen LogP) is 1.81. The topological polar surface area (TPSA) is 59.3 Å².